The van der Waals surface area contributed by atoms with Crippen molar-refractivity contribution < 1.29 is 13.2 Å². The fourth-order valence-corrected chi connectivity index (χ4v) is 6.21. The van der Waals surface area contributed by atoms with Crippen molar-refractivity contribution in [3.8, 4) is 0 Å². The molecule has 0 aromatic heterocycles. The average Bonchev–Trinajstić information content (AvgIpc) is 2.83. The van der Waals surface area contributed by atoms with Gasteiger partial charge in [-0.15, -0.1) is 16.2 Å². The van der Waals surface area contributed by atoms with Crippen molar-refractivity contribution in [2.24, 2.45) is 4.40 Å². The van der Waals surface area contributed by atoms with Crippen LogP contribution in [0.3, 0.4) is 0 Å². The predicted molar refractivity (Wildman–Crippen MR) is 122 cm³/mol. The number of halogens is 2. The molecule has 0 unspecified atom stereocenters. The number of hydrogen-bond acceptors (Lipinski definition) is 4. The number of sulfonamides is 1. The van der Waals surface area contributed by atoms with Crippen LogP contribution in [0.2, 0.25) is 0 Å². The second-order valence-electron chi connectivity index (χ2n) is 7.91. The first kappa shape index (κ1) is 22.5. The fourth-order valence-electron chi connectivity index (χ4n) is 2.98. The molecule has 0 N–H and O–H groups in total. The van der Waals surface area contributed by atoms with E-state index in [0.29, 0.717) is 0 Å². The van der Waals surface area contributed by atoms with Gasteiger partial charge in [0.2, 0.25) is 10.2 Å². The molecule has 8 heteroatoms. The molecule has 0 saturated carbocycles. The molecule has 1 aliphatic heterocycles. The monoisotopic (exact) mass is 471 g/mol. The van der Waals surface area contributed by atoms with Crippen LogP contribution in [-0.2, 0) is 14.8 Å². The third-order valence-corrected chi connectivity index (χ3v) is 7.70. The standard InChI is InChI=1S/C21H23Cl2NO3S2/c1-14-10-12-16(13-11-14)29(25,26)24-19-21(22,23)17(15-8-6-5-7-9-15)18(27-19)28-20(2,3)4/h5-13,17-18H,1-4H3/b24-19+/t17-,18-/m1/s1. The Morgan fingerprint density at radius 2 is 1.62 bits per heavy atom. The molecule has 2 atom stereocenters. The zero-order chi connectivity index (χ0) is 21.4. The summed E-state index contributed by atoms with van der Waals surface area (Å²) in [5.74, 6) is -0.680. The molecular weight excluding hydrogens is 449 g/mol. The highest BCUT2D eigenvalue weighted by molar-refractivity contribution is 8.01. The van der Waals surface area contributed by atoms with Crippen LogP contribution < -0.4 is 0 Å². The summed E-state index contributed by atoms with van der Waals surface area (Å²) in [6.45, 7) is 8.02. The Labute approximate surface area is 186 Å². The fraction of sp³-hybridized carbons (Fsp3) is 0.381. The van der Waals surface area contributed by atoms with Gasteiger partial charge in [0.1, 0.15) is 0 Å². The van der Waals surface area contributed by atoms with E-state index in [-0.39, 0.29) is 15.5 Å². The summed E-state index contributed by atoms with van der Waals surface area (Å²) < 4.78 is 33.8. The number of ether oxygens (including phenoxy) is 1. The SMILES string of the molecule is Cc1ccc(S(=O)(=O)/N=C2/O[C@H](SC(C)(C)C)[C@@H](c3ccccc3)C2(Cl)Cl)cc1. The molecule has 2 aromatic carbocycles. The van der Waals surface area contributed by atoms with Gasteiger partial charge in [0.25, 0.3) is 10.0 Å². The molecule has 1 fully saturated rings. The molecule has 0 spiro atoms. The summed E-state index contributed by atoms with van der Waals surface area (Å²) in [4.78, 5) is 0.0616. The van der Waals surface area contributed by atoms with Crippen LogP contribution in [0, 0.1) is 6.92 Å². The number of nitrogens with zero attached hydrogens (tertiary/aromatic N) is 1. The summed E-state index contributed by atoms with van der Waals surface area (Å²) in [5, 5.41) is 0. The van der Waals surface area contributed by atoms with Crippen molar-refractivity contribution in [3.63, 3.8) is 0 Å². The lowest BCUT2D eigenvalue weighted by Gasteiger charge is -2.27. The van der Waals surface area contributed by atoms with E-state index in [9.17, 15) is 8.42 Å². The second kappa shape index (κ2) is 8.14. The Balaban J connectivity index is 2.05. The van der Waals surface area contributed by atoms with Gasteiger partial charge in [0, 0.05) is 4.75 Å². The van der Waals surface area contributed by atoms with Crippen LogP contribution in [0.25, 0.3) is 0 Å². The van der Waals surface area contributed by atoms with E-state index >= 15 is 0 Å². The lowest BCUT2D eigenvalue weighted by molar-refractivity contribution is 0.291. The van der Waals surface area contributed by atoms with Crippen molar-refractivity contribution in [2.45, 2.75) is 53.0 Å². The first-order valence-electron chi connectivity index (χ1n) is 9.09. The van der Waals surface area contributed by atoms with Crippen molar-refractivity contribution in [1.29, 1.82) is 0 Å². The first-order chi connectivity index (χ1) is 13.4. The van der Waals surface area contributed by atoms with Gasteiger partial charge in [-0.1, -0.05) is 92.0 Å². The molecule has 2 aromatic rings. The van der Waals surface area contributed by atoms with Crippen LogP contribution in [0.15, 0.2) is 63.9 Å². The van der Waals surface area contributed by atoms with E-state index < -0.39 is 25.7 Å². The average molecular weight is 472 g/mol. The summed E-state index contributed by atoms with van der Waals surface area (Å²) in [7, 11) is -4.02. The molecule has 156 valence electrons. The smallest absolute Gasteiger partial charge is 0.285 e. The van der Waals surface area contributed by atoms with E-state index in [0.717, 1.165) is 11.1 Å². The number of thioether (sulfide) groups is 1. The number of benzene rings is 2. The minimum Gasteiger partial charge on any atom is -0.463 e. The Morgan fingerprint density at radius 1 is 1.03 bits per heavy atom. The van der Waals surface area contributed by atoms with Crippen LogP contribution in [-0.4, -0.2) is 28.8 Å². The molecule has 0 aliphatic carbocycles. The molecular formula is C21H23Cl2NO3S2. The second-order valence-corrected chi connectivity index (χ2v) is 12.8. The number of alkyl halides is 2. The third kappa shape index (κ3) is 5.10. The lowest BCUT2D eigenvalue weighted by Crippen LogP contribution is -2.29. The minimum atomic E-state index is -4.02. The molecule has 1 heterocycles. The molecule has 1 aliphatic rings. The van der Waals surface area contributed by atoms with Crippen LogP contribution in [0.4, 0.5) is 0 Å². The largest absolute Gasteiger partial charge is 0.463 e. The van der Waals surface area contributed by atoms with E-state index in [2.05, 4.69) is 4.40 Å². The molecule has 0 radical (unpaired) electrons. The highest BCUT2D eigenvalue weighted by Gasteiger charge is 2.56. The minimum absolute atomic E-state index is 0.0616. The van der Waals surface area contributed by atoms with Gasteiger partial charge in [-0.3, -0.25) is 0 Å². The Bertz CT molecular complexity index is 998. The normalized spacial score (nSPS) is 23.2. The highest BCUT2D eigenvalue weighted by Crippen LogP contribution is 2.53. The molecule has 0 bridgehead atoms. The van der Waals surface area contributed by atoms with Crippen molar-refractivity contribution in [3.05, 3.63) is 65.7 Å². The lowest BCUT2D eigenvalue weighted by atomic mass is 9.97. The van der Waals surface area contributed by atoms with Gasteiger partial charge in [0.05, 0.1) is 10.8 Å². The van der Waals surface area contributed by atoms with Crippen LogP contribution in [0.1, 0.15) is 37.8 Å². The molecule has 1 saturated heterocycles. The Hall–Kier alpha value is -1.21. The van der Waals surface area contributed by atoms with Gasteiger partial charge in [-0.2, -0.15) is 8.42 Å². The maximum absolute atomic E-state index is 12.8. The first-order valence-corrected chi connectivity index (χ1v) is 12.2. The molecule has 4 nitrogen and oxygen atoms in total. The predicted octanol–water partition coefficient (Wildman–Crippen LogP) is 5.93. The zero-order valence-electron chi connectivity index (χ0n) is 16.6. The van der Waals surface area contributed by atoms with Crippen LogP contribution in [0.5, 0.6) is 0 Å². The van der Waals surface area contributed by atoms with E-state index in [4.69, 9.17) is 27.9 Å². The molecule has 0 amide bonds. The van der Waals surface area contributed by atoms with Gasteiger partial charge in [-0.25, -0.2) is 0 Å². The summed E-state index contributed by atoms with van der Waals surface area (Å²) in [6.07, 6.45) is 0. The van der Waals surface area contributed by atoms with Gasteiger partial charge >= 0.3 is 0 Å². The number of rotatable bonds is 4. The molecule has 29 heavy (non-hydrogen) atoms. The van der Waals surface area contributed by atoms with Gasteiger partial charge < -0.3 is 4.74 Å². The topological polar surface area (TPSA) is 55.7 Å². The van der Waals surface area contributed by atoms with Gasteiger partial charge in [-0.05, 0) is 24.6 Å². The van der Waals surface area contributed by atoms with Crippen LogP contribution >= 0.6 is 35.0 Å². The highest BCUT2D eigenvalue weighted by atomic mass is 35.5. The van der Waals surface area contributed by atoms with Crippen molar-refractivity contribution in [1.82, 2.24) is 0 Å². The van der Waals surface area contributed by atoms with E-state index in [1.807, 2.05) is 58.0 Å². The Morgan fingerprint density at radius 3 is 2.17 bits per heavy atom. The summed E-state index contributed by atoms with van der Waals surface area (Å²) in [6, 6.07) is 15.9. The maximum atomic E-state index is 12.8. The summed E-state index contributed by atoms with van der Waals surface area (Å²) >= 11 is 14.9. The maximum Gasteiger partial charge on any atom is 0.285 e. The van der Waals surface area contributed by atoms with E-state index in [1.165, 1.54) is 23.9 Å². The number of aryl methyl sites for hydroxylation is 1. The van der Waals surface area contributed by atoms with Gasteiger partial charge in [0.15, 0.2) is 5.44 Å². The molecule has 3 rings (SSSR count). The summed E-state index contributed by atoms with van der Waals surface area (Å²) in [5.41, 5.74) is 1.32. The quantitative estimate of drug-likeness (QED) is 0.518. The number of hydrogen-bond donors (Lipinski definition) is 0. The third-order valence-electron chi connectivity index (χ3n) is 4.33. The Kier molecular flexibility index (Phi) is 6.31. The van der Waals surface area contributed by atoms with E-state index in [1.54, 1.807) is 12.1 Å². The zero-order valence-corrected chi connectivity index (χ0v) is 19.7. The van der Waals surface area contributed by atoms with Crippen molar-refractivity contribution in [2.75, 3.05) is 0 Å². The van der Waals surface area contributed by atoms with Crippen molar-refractivity contribution >= 4 is 50.9 Å².